The van der Waals surface area contributed by atoms with Gasteiger partial charge in [0.25, 0.3) is 0 Å². The summed E-state index contributed by atoms with van der Waals surface area (Å²) in [6.45, 7) is 6.89. The van der Waals surface area contributed by atoms with Crippen LogP contribution in [0.1, 0.15) is 31.2 Å². The number of para-hydroxylation sites is 1. The molecule has 6 rings (SSSR count). The fourth-order valence-electron chi connectivity index (χ4n) is 5.06. The van der Waals surface area contributed by atoms with Crippen molar-refractivity contribution in [3.8, 4) is 11.6 Å². The van der Waals surface area contributed by atoms with Crippen LogP contribution in [0.5, 0.6) is 0 Å². The first-order valence-corrected chi connectivity index (χ1v) is 12.4. The summed E-state index contributed by atoms with van der Waals surface area (Å²) in [6, 6.07) is 14.5. The van der Waals surface area contributed by atoms with E-state index >= 15 is 0 Å². The number of fused-ring (bicyclic) bond motifs is 1. The third-order valence-electron chi connectivity index (χ3n) is 6.94. The van der Waals surface area contributed by atoms with Crippen molar-refractivity contribution in [1.29, 1.82) is 0 Å². The Bertz CT molecular complexity index is 1200. The van der Waals surface area contributed by atoms with Gasteiger partial charge in [0.15, 0.2) is 11.4 Å². The lowest BCUT2D eigenvalue weighted by Crippen LogP contribution is -2.46. The molecule has 0 aliphatic carbocycles. The molecule has 0 amide bonds. The summed E-state index contributed by atoms with van der Waals surface area (Å²) in [5.41, 5.74) is 3.29. The van der Waals surface area contributed by atoms with Gasteiger partial charge in [0, 0.05) is 63.3 Å². The molecule has 0 saturated carbocycles. The fraction of sp³-hybridized carbons (Fsp3) is 0.423. The second kappa shape index (κ2) is 9.46. The van der Waals surface area contributed by atoms with Crippen LogP contribution in [0.2, 0.25) is 0 Å². The molecular formula is C26H31N7O. The Hall–Kier alpha value is -3.39. The zero-order chi connectivity index (χ0) is 22.7. The van der Waals surface area contributed by atoms with E-state index < -0.39 is 0 Å². The Kier molecular flexibility index (Phi) is 5.89. The number of piperazine rings is 1. The number of rotatable bonds is 5. The van der Waals surface area contributed by atoms with Gasteiger partial charge in [-0.1, -0.05) is 31.0 Å². The lowest BCUT2D eigenvalue weighted by atomic mass is 10.2. The molecule has 0 radical (unpaired) electrons. The van der Waals surface area contributed by atoms with Gasteiger partial charge in [0.2, 0.25) is 11.8 Å². The number of aromatic nitrogens is 4. The summed E-state index contributed by atoms with van der Waals surface area (Å²) in [6.07, 6.45) is 8.62. The van der Waals surface area contributed by atoms with E-state index in [-0.39, 0.29) is 0 Å². The molecule has 4 aromatic rings. The largest absolute Gasteiger partial charge is 0.461 e. The molecule has 0 bridgehead atoms. The number of benzene rings is 1. The molecule has 2 aliphatic rings. The van der Waals surface area contributed by atoms with E-state index in [0.29, 0.717) is 11.6 Å². The van der Waals surface area contributed by atoms with Crippen LogP contribution in [-0.2, 0) is 6.54 Å². The molecule has 8 nitrogen and oxygen atoms in total. The zero-order valence-electron chi connectivity index (χ0n) is 19.5. The maximum atomic E-state index is 5.61. The van der Waals surface area contributed by atoms with Gasteiger partial charge in [0.1, 0.15) is 0 Å². The van der Waals surface area contributed by atoms with E-state index in [9.17, 15) is 0 Å². The molecule has 0 atom stereocenters. The number of hydrogen-bond acceptors (Lipinski definition) is 7. The van der Waals surface area contributed by atoms with Crippen LogP contribution in [0, 0.1) is 0 Å². The summed E-state index contributed by atoms with van der Waals surface area (Å²) in [5, 5.41) is 4.85. The molecule has 0 spiro atoms. The molecule has 2 fully saturated rings. The molecule has 0 unspecified atom stereocenters. The van der Waals surface area contributed by atoms with E-state index in [2.05, 4.69) is 45.0 Å². The fourth-order valence-corrected chi connectivity index (χ4v) is 5.06. The van der Waals surface area contributed by atoms with Crippen LogP contribution in [0.25, 0.3) is 17.2 Å². The van der Waals surface area contributed by atoms with Gasteiger partial charge < -0.3 is 14.2 Å². The van der Waals surface area contributed by atoms with Crippen molar-refractivity contribution in [1.82, 2.24) is 24.5 Å². The van der Waals surface area contributed by atoms with Gasteiger partial charge in [-0.2, -0.15) is 4.52 Å². The van der Waals surface area contributed by atoms with Gasteiger partial charge in [0.05, 0.1) is 6.26 Å². The third kappa shape index (κ3) is 4.25. The van der Waals surface area contributed by atoms with Crippen LogP contribution in [-0.4, -0.2) is 63.8 Å². The van der Waals surface area contributed by atoms with Crippen LogP contribution >= 0.6 is 0 Å². The highest BCUT2D eigenvalue weighted by Crippen LogP contribution is 2.25. The highest BCUT2D eigenvalue weighted by molar-refractivity contribution is 5.58. The molecular weight excluding hydrogens is 426 g/mol. The quantitative estimate of drug-likeness (QED) is 0.447. The second-order valence-corrected chi connectivity index (χ2v) is 9.23. The van der Waals surface area contributed by atoms with Gasteiger partial charge in [-0.05, 0) is 37.1 Å². The average molecular weight is 458 g/mol. The number of anilines is 2. The van der Waals surface area contributed by atoms with Gasteiger partial charge in [-0.15, -0.1) is 5.10 Å². The second-order valence-electron chi connectivity index (χ2n) is 9.23. The van der Waals surface area contributed by atoms with E-state index in [1.54, 1.807) is 6.26 Å². The maximum absolute atomic E-state index is 5.61. The monoisotopic (exact) mass is 457 g/mol. The topological polar surface area (TPSA) is 65.9 Å². The first-order chi connectivity index (χ1) is 16.8. The molecule has 0 N–H and O–H groups in total. The summed E-state index contributed by atoms with van der Waals surface area (Å²) in [4.78, 5) is 17.1. The van der Waals surface area contributed by atoms with E-state index in [4.69, 9.17) is 19.5 Å². The average Bonchev–Trinajstić information content (AvgIpc) is 3.50. The molecule has 34 heavy (non-hydrogen) atoms. The predicted molar refractivity (Wildman–Crippen MR) is 133 cm³/mol. The molecule has 1 aromatic carbocycles. The van der Waals surface area contributed by atoms with Gasteiger partial charge >= 0.3 is 0 Å². The minimum atomic E-state index is 0.615. The molecule has 2 aliphatic heterocycles. The van der Waals surface area contributed by atoms with Crippen molar-refractivity contribution in [2.45, 2.75) is 32.2 Å². The summed E-state index contributed by atoms with van der Waals surface area (Å²) >= 11 is 0. The Morgan fingerprint density at radius 3 is 2.32 bits per heavy atom. The summed E-state index contributed by atoms with van der Waals surface area (Å²) in [5.74, 6) is 2.19. The van der Waals surface area contributed by atoms with Crippen LogP contribution in [0.3, 0.4) is 0 Å². The number of nitrogens with zero attached hydrogens (tertiary/aromatic N) is 7. The highest BCUT2D eigenvalue weighted by atomic mass is 16.3. The first kappa shape index (κ1) is 21.2. The van der Waals surface area contributed by atoms with Crippen LogP contribution in [0.4, 0.5) is 11.6 Å². The highest BCUT2D eigenvalue weighted by Gasteiger charge is 2.23. The minimum Gasteiger partial charge on any atom is -0.461 e. The van der Waals surface area contributed by atoms with Crippen LogP contribution < -0.4 is 9.80 Å². The lowest BCUT2D eigenvalue weighted by Gasteiger charge is -2.36. The van der Waals surface area contributed by atoms with Crippen molar-refractivity contribution in [3.63, 3.8) is 0 Å². The van der Waals surface area contributed by atoms with Crippen molar-refractivity contribution >= 4 is 17.3 Å². The standard InChI is InChI=1S/C26H31N7O/c1-2-7-13-32(12-6-1)26-27-19-21(25-28-24(29-33(25)26)23-11-8-18-34-23)20-30-14-16-31(17-15-30)22-9-4-3-5-10-22/h3-5,8-11,18-19H,1-2,6-7,12-17,20H2. The Labute approximate surface area is 199 Å². The molecule has 2 saturated heterocycles. The van der Waals surface area contributed by atoms with Crippen LogP contribution in [0.15, 0.2) is 59.3 Å². The van der Waals surface area contributed by atoms with Crippen molar-refractivity contribution in [2.24, 2.45) is 0 Å². The predicted octanol–water partition coefficient (Wildman–Crippen LogP) is 4.09. The zero-order valence-corrected chi connectivity index (χ0v) is 19.5. The lowest BCUT2D eigenvalue weighted by molar-refractivity contribution is 0.250. The Balaban J connectivity index is 1.27. The normalized spacial score (nSPS) is 17.9. The molecule has 8 heteroatoms. The number of hydrogen-bond donors (Lipinski definition) is 0. The van der Waals surface area contributed by atoms with Crippen molar-refractivity contribution in [3.05, 3.63) is 60.5 Å². The third-order valence-corrected chi connectivity index (χ3v) is 6.94. The Morgan fingerprint density at radius 1 is 0.794 bits per heavy atom. The molecule has 5 heterocycles. The van der Waals surface area contributed by atoms with E-state index in [0.717, 1.165) is 63.0 Å². The molecule has 176 valence electrons. The van der Waals surface area contributed by atoms with Crippen molar-refractivity contribution in [2.75, 3.05) is 49.1 Å². The first-order valence-electron chi connectivity index (χ1n) is 12.4. The SMILES string of the molecule is c1ccc(N2CCN(Cc3cnc(N4CCCCCC4)n4nc(-c5ccco5)nc34)CC2)cc1. The van der Waals surface area contributed by atoms with E-state index in [1.807, 2.05) is 22.8 Å². The van der Waals surface area contributed by atoms with Crippen molar-refractivity contribution < 1.29 is 4.42 Å². The maximum Gasteiger partial charge on any atom is 0.228 e. The summed E-state index contributed by atoms with van der Waals surface area (Å²) in [7, 11) is 0. The molecule has 3 aromatic heterocycles. The van der Waals surface area contributed by atoms with Gasteiger partial charge in [-0.3, -0.25) is 4.90 Å². The summed E-state index contributed by atoms with van der Waals surface area (Å²) < 4.78 is 7.55. The number of furan rings is 1. The Morgan fingerprint density at radius 2 is 1.59 bits per heavy atom. The van der Waals surface area contributed by atoms with Gasteiger partial charge in [-0.25, -0.2) is 9.97 Å². The minimum absolute atomic E-state index is 0.615. The smallest absolute Gasteiger partial charge is 0.228 e. The van der Waals surface area contributed by atoms with E-state index in [1.165, 1.54) is 31.4 Å².